The van der Waals surface area contributed by atoms with Gasteiger partial charge >= 0.3 is 5.97 Å². The molecule has 1 saturated heterocycles. The second kappa shape index (κ2) is 5.60. The normalized spacial score (nSPS) is 22.8. The molecule has 6 nitrogen and oxygen atoms in total. The average Bonchev–Trinajstić information content (AvgIpc) is 2.20. The molecule has 0 saturated carbocycles. The predicted molar refractivity (Wildman–Crippen MR) is 58.1 cm³/mol. The molecule has 16 heavy (non-hydrogen) atoms. The fraction of sp³-hybridized carbons (Fsp3) is 0.889. The van der Waals surface area contributed by atoms with E-state index >= 15 is 0 Å². The van der Waals surface area contributed by atoms with Crippen LogP contribution in [0.25, 0.3) is 0 Å². The minimum atomic E-state index is -2.96. The van der Waals surface area contributed by atoms with Gasteiger partial charge in [0.25, 0.3) is 0 Å². The Morgan fingerprint density at radius 2 is 2.00 bits per heavy atom. The molecule has 1 aliphatic rings. The van der Waals surface area contributed by atoms with Crippen LogP contribution < -0.4 is 0 Å². The molecule has 1 heterocycles. The number of nitrogens with zero attached hydrogens (tertiary/aromatic N) is 1. The zero-order valence-corrected chi connectivity index (χ0v) is 10.1. The van der Waals surface area contributed by atoms with Gasteiger partial charge in [-0.25, -0.2) is 8.42 Å². The molecule has 0 aromatic rings. The van der Waals surface area contributed by atoms with E-state index in [2.05, 4.69) is 0 Å². The summed E-state index contributed by atoms with van der Waals surface area (Å²) < 4.78 is 27.3. The van der Waals surface area contributed by atoms with E-state index in [1.807, 2.05) is 0 Å². The number of carboxylic acids is 1. The van der Waals surface area contributed by atoms with Crippen LogP contribution in [0, 0.1) is 0 Å². The van der Waals surface area contributed by atoms with Crippen molar-refractivity contribution in [1.29, 1.82) is 0 Å². The van der Waals surface area contributed by atoms with Crippen LogP contribution in [0.3, 0.4) is 0 Å². The highest BCUT2D eigenvalue weighted by Crippen LogP contribution is 2.11. The molecule has 7 heteroatoms. The first-order valence-electron chi connectivity index (χ1n) is 5.12. The minimum Gasteiger partial charge on any atom is -0.480 e. The molecule has 0 radical (unpaired) electrons. The predicted octanol–water partition coefficient (Wildman–Crippen LogP) is -0.793. The van der Waals surface area contributed by atoms with Crippen molar-refractivity contribution < 1.29 is 23.1 Å². The molecule has 1 unspecified atom stereocenters. The van der Waals surface area contributed by atoms with Crippen molar-refractivity contribution >= 4 is 15.8 Å². The first-order chi connectivity index (χ1) is 7.46. The van der Waals surface area contributed by atoms with Crippen LogP contribution in [-0.2, 0) is 19.4 Å². The summed E-state index contributed by atoms with van der Waals surface area (Å²) in [7, 11) is -1.45. The van der Waals surface area contributed by atoms with Gasteiger partial charge in [-0.1, -0.05) is 0 Å². The van der Waals surface area contributed by atoms with E-state index in [0.29, 0.717) is 26.1 Å². The Morgan fingerprint density at radius 3 is 2.44 bits per heavy atom. The first-order valence-corrected chi connectivity index (χ1v) is 6.94. The molecule has 94 valence electrons. The van der Waals surface area contributed by atoms with Crippen molar-refractivity contribution in [3.63, 3.8) is 0 Å². The molecule has 0 aliphatic carbocycles. The van der Waals surface area contributed by atoms with Crippen LogP contribution >= 0.6 is 0 Å². The number of sulfone groups is 1. The molecule has 0 spiro atoms. The average molecular weight is 251 g/mol. The second-order valence-electron chi connectivity index (χ2n) is 3.82. The van der Waals surface area contributed by atoms with Gasteiger partial charge < -0.3 is 9.84 Å². The molecule has 0 amide bonds. The molecule has 0 bridgehead atoms. The third-order valence-electron chi connectivity index (χ3n) is 2.70. The number of hydrogen-bond donors (Lipinski definition) is 1. The van der Waals surface area contributed by atoms with E-state index < -0.39 is 21.8 Å². The van der Waals surface area contributed by atoms with Crippen molar-refractivity contribution in [3.8, 4) is 0 Å². The van der Waals surface area contributed by atoms with E-state index in [1.165, 1.54) is 7.11 Å². The van der Waals surface area contributed by atoms with Gasteiger partial charge in [0.2, 0.25) is 0 Å². The van der Waals surface area contributed by atoms with Crippen LogP contribution in [-0.4, -0.2) is 68.7 Å². The van der Waals surface area contributed by atoms with E-state index in [0.717, 1.165) is 0 Å². The Bertz CT molecular complexity index is 326. The lowest BCUT2D eigenvalue weighted by atomic mass is 10.2. The van der Waals surface area contributed by atoms with E-state index in [4.69, 9.17) is 9.84 Å². The van der Waals surface area contributed by atoms with Crippen LogP contribution in [0.4, 0.5) is 0 Å². The second-order valence-corrected chi connectivity index (χ2v) is 6.13. The van der Waals surface area contributed by atoms with E-state index in [1.54, 1.807) is 4.90 Å². The van der Waals surface area contributed by atoms with Gasteiger partial charge in [0.15, 0.2) is 9.84 Å². The third-order valence-corrected chi connectivity index (χ3v) is 4.31. The fourth-order valence-corrected chi connectivity index (χ4v) is 2.96. The Labute approximate surface area is 95.1 Å². The number of aliphatic carboxylic acids is 1. The Balaban J connectivity index is 2.56. The Kier molecular flexibility index (Phi) is 4.69. The number of rotatable bonds is 5. The van der Waals surface area contributed by atoms with Gasteiger partial charge in [-0.3, -0.25) is 9.69 Å². The van der Waals surface area contributed by atoms with Gasteiger partial charge in [-0.05, 0) is 6.42 Å². The summed E-state index contributed by atoms with van der Waals surface area (Å²) in [6.45, 7) is 0.951. The van der Waals surface area contributed by atoms with Gasteiger partial charge in [0, 0.05) is 26.8 Å². The lowest BCUT2D eigenvalue weighted by molar-refractivity contribution is -0.143. The maximum absolute atomic E-state index is 11.2. The van der Waals surface area contributed by atoms with Gasteiger partial charge in [0.05, 0.1) is 11.5 Å². The summed E-state index contributed by atoms with van der Waals surface area (Å²) in [6.07, 6.45) is 0.381. The highest BCUT2D eigenvalue weighted by atomic mass is 32.2. The van der Waals surface area contributed by atoms with Crippen LogP contribution in [0.1, 0.15) is 6.42 Å². The van der Waals surface area contributed by atoms with E-state index in [-0.39, 0.29) is 11.5 Å². The molecule has 0 aromatic carbocycles. The summed E-state index contributed by atoms with van der Waals surface area (Å²) in [5.41, 5.74) is 0. The maximum Gasteiger partial charge on any atom is 0.321 e. The summed E-state index contributed by atoms with van der Waals surface area (Å²) in [5.74, 6) is -0.829. The van der Waals surface area contributed by atoms with Crippen molar-refractivity contribution in [2.24, 2.45) is 0 Å². The quantitative estimate of drug-likeness (QED) is 0.689. The van der Waals surface area contributed by atoms with Crippen LogP contribution in [0.5, 0.6) is 0 Å². The summed E-state index contributed by atoms with van der Waals surface area (Å²) in [4.78, 5) is 12.7. The number of carboxylic acid groups (broad SMARTS) is 1. The number of ether oxygens (including phenoxy) is 1. The summed E-state index contributed by atoms with van der Waals surface area (Å²) >= 11 is 0. The minimum absolute atomic E-state index is 0.0454. The van der Waals surface area contributed by atoms with Crippen molar-refractivity contribution in [2.45, 2.75) is 12.5 Å². The van der Waals surface area contributed by atoms with Crippen molar-refractivity contribution in [3.05, 3.63) is 0 Å². The van der Waals surface area contributed by atoms with Gasteiger partial charge in [-0.2, -0.15) is 0 Å². The standard InChI is InChI=1S/C9H17NO5S/c1-15-5-2-8(9(11)12)10-3-6-16(13,14)7-4-10/h8H,2-7H2,1H3,(H,11,12). The van der Waals surface area contributed by atoms with E-state index in [9.17, 15) is 13.2 Å². The van der Waals surface area contributed by atoms with Crippen LogP contribution in [0.15, 0.2) is 0 Å². The molecular weight excluding hydrogens is 234 g/mol. The molecule has 1 rings (SSSR count). The highest BCUT2D eigenvalue weighted by Gasteiger charge is 2.30. The highest BCUT2D eigenvalue weighted by molar-refractivity contribution is 7.91. The molecule has 1 aliphatic heterocycles. The Morgan fingerprint density at radius 1 is 1.44 bits per heavy atom. The van der Waals surface area contributed by atoms with Crippen molar-refractivity contribution in [2.75, 3.05) is 38.3 Å². The summed E-state index contributed by atoms with van der Waals surface area (Å²) in [5, 5.41) is 9.04. The number of carbonyl (C=O) groups is 1. The van der Waals surface area contributed by atoms with Crippen molar-refractivity contribution in [1.82, 2.24) is 4.90 Å². The molecule has 1 atom stereocenters. The van der Waals surface area contributed by atoms with Crippen LogP contribution in [0.2, 0.25) is 0 Å². The SMILES string of the molecule is COCCC(C(=O)O)N1CCS(=O)(=O)CC1. The largest absolute Gasteiger partial charge is 0.480 e. The molecule has 1 fully saturated rings. The smallest absolute Gasteiger partial charge is 0.321 e. The molecular formula is C9H17NO5S. The zero-order chi connectivity index (χ0) is 12.2. The maximum atomic E-state index is 11.2. The topological polar surface area (TPSA) is 83.9 Å². The number of methoxy groups -OCH3 is 1. The summed E-state index contributed by atoms with van der Waals surface area (Å²) in [6, 6.07) is -0.643. The van der Waals surface area contributed by atoms with Gasteiger partial charge in [0.1, 0.15) is 6.04 Å². The lowest BCUT2D eigenvalue weighted by Crippen LogP contribution is -2.49. The number of hydrogen-bond acceptors (Lipinski definition) is 5. The first kappa shape index (κ1) is 13.4. The lowest BCUT2D eigenvalue weighted by Gasteiger charge is -2.31. The monoisotopic (exact) mass is 251 g/mol. The fourth-order valence-electron chi connectivity index (χ4n) is 1.73. The third kappa shape index (κ3) is 3.73. The molecule has 0 aromatic heterocycles. The molecule has 1 N–H and O–H groups in total. The zero-order valence-electron chi connectivity index (χ0n) is 9.26. The van der Waals surface area contributed by atoms with Gasteiger partial charge in [-0.15, -0.1) is 0 Å². The Hall–Kier alpha value is -0.660.